The summed E-state index contributed by atoms with van der Waals surface area (Å²) in [4.78, 5) is 14.5. The highest BCUT2D eigenvalue weighted by Crippen LogP contribution is 2.23. The van der Waals surface area contributed by atoms with Gasteiger partial charge in [-0.15, -0.1) is 0 Å². The van der Waals surface area contributed by atoms with Crippen LogP contribution >= 0.6 is 11.6 Å². The molecule has 3 nitrogen and oxygen atoms in total. The number of aldehydes is 1. The Balaban J connectivity index is 2.30. The second-order valence-electron chi connectivity index (χ2n) is 3.07. The SMILES string of the molecule is O=CC1CCc2c(Cl)ncn2C1. The summed E-state index contributed by atoms with van der Waals surface area (Å²) in [7, 11) is 0. The van der Waals surface area contributed by atoms with Gasteiger partial charge in [-0.2, -0.15) is 0 Å². The van der Waals surface area contributed by atoms with Crippen LogP contribution in [0.1, 0.15) is 12.1 Å². The number of aromatic nitrogens is 2. The van der Waals surface area contributed by atoms with Gasteiger partial charge in [0, 0.05) is 12.5 Å². The number of hydrogen-bond acceptors (Lipinski definition) is 2. The van der Waals surface area contributed by atoms with Crippen molar-refractivity contribution in [2.24, 2.45) is 5.92 Å². The fourth-order valence-electron chi connectivity index (χ4n) is 1.56. The van der Waals surface area contributed by atoms with E-state index in [1.54, 1.807) is 6.33 Å². The van der Waals surface area contributed by atoms with Gasteiger partial charge in [-0.05, 0) is 12.8 Å². The van der Waals surface area contributed by atoms with E-state index >= 15 is 0 Å². The van der Waals surface area contributed by atoms with Crippen LogP contribution in [0, 0.1) is 5.92 Å². The Bertz CT molecular complexity index is 308. The second kappa shape index (κ2) is 2.90. The lowest BCUT2D eigenvalue weighted by Gasteiger charge is -2.19. The van der Waals surface area contributed by atoms with Crippen LogP contribution < -0.4 is 0 Å². The molecule has 4 heteroatoms. The van der Waals surface area contributed by atoms with Crippen molar-refractivity contribution in [2.45, 2.75) is 19.4 Å². The predicted octanol–water partition coefficient (Wildman–Crippen LogP) is 1.30. The third-order valence-corrected chi connectivity index (χ3v) is 2.59. The van der Waals surface area contributed by atoms with Crippen molar-refractivity contribution in [1.29, 1.82) is 0 Å². The first kappa shape index (κ1) is 7.80. The summed E-state index contributed by atoms with van der Waals surface area (Å²) in [5.74, 6) is 0.141. The van der Waals surface area contributed by atoms with Crippen LogP contribution in [0.25, 0.3) is 0 Å². The summed E-state index contributed by atoms with van der Waals surface area (Å²) in [5.41, 5.74) is 1.06. The molecule has 0 spiro atoms. The Morgan fingerprint density at radius 1 is 1.75 bits per heavy atom. The van der Waals surface area contributed by atoms with Crippen LogP contribution in [0.5, 0.6) is 0 Å². The zero-order valence-electron chi connectivity index (χ0n) is 6.53. The Labute approximate surface area is 75.4 Å². The predicted molar refractivity (Wildman–Crippen MR) is 45.1 cm³/mol. The summed E-state index contributed by atoms with van der Waals surface area (Å²) < 4.78 is 1.96. The van der Waals surface area contributed by atoms with Crippen LogP contribution in [0.15, 0.2) is 6.33 Å². The molecule has 2 heterocycles. The first-order chi connectivity index (χ1) is 5.81. The minimum Gasteiger partial charge on any atom is -0.332 e. The smallest absolute Gasteiger partial charge is 0.150 e. The van der Waals surface area contributed by atoms with Crippen molar-refractivity contribution in [2.75, 3.05) is 0 Å². The van der Waals surface area contributed by atoms with E-state index in [0.717, 1.165) is 31.4 Å². The number of carbonyl (C=O) groups is 1. The van der Waals surface area contributed by atoms with Gasteiger partial charge in [-0.1, -0.05) is 11.6 Å². The lowest BCUT2D eigenvalue weighted by Crippen LogP contribution is -2.20. The average Bonchev–Trinajstić information content (AvgIpc) is 2.47. The first-order valence-electron chi connectivity index (χ1n) is 3.96. The van der Waals surface area contributed by atoms with E-state index in [4.69, 9.17) is 11.6 Å². The van der Waals surface area contributed by atoms with Gasteiger partial charge >= 0.3 is 0 Å². The number of hydrogen-bond donors (Lipinski definition) is 0. The molecule has 12 heavy (non-hydrogen) atoms. The number of halogens is 1. The second-order valence-corrected chi connectivity index (χ2v) is 3.43. The molecule has 0 radical (unpaired) electrons. The molecule has 0 bridgehead atoms. The van der Waals surface area contributed by atoms with Crippen molar-refractivity contribution < 1.29 is 4.79 Å². The van der Waals surface area contributed by atoms with E-state index in [1.807, 2.05) is 4.57 Å². The number of rotatable bonds is 1. The van der Waals surface area contributed by atoms with Crippen LogP contribution in [0.3, 0.4) is 0 Å². The van der Waals surface area contributed by atoms with E-state index in [2.05, 4.69) is 4.98 Å². The number of fused-ring (bicyclic) bond motifs is 1. The largest absolute Gasteiger partial charge is 0.332 e. The molecule has 0 aliphatic carbocycles. The van der Waals surface area contributed by atoms with Crippen LogP contribution in [0.2, 0.25) is 5.15 Å². The Morgan fingerprint density at radius 3 is 3.33 bits per heavy atom. The summed E-state index contributed by atoms with van der Waals surface area (Å²) in [6, 6.07) is 0. The Hall–Kier alpha value is -0.830. The molecular formula is C8H9ClN2O. The molecule has 0 aromatic carbocycles. The molecule has 1 aliphatic rings. The lowest BCUT2D eigenvalue weighted by atomic mass is 10.00. The zero-order chi connectivity index (χ0) is 8.55. The summed E-state index contributed by atoms with van der Waals surface area (Å²) >= 11 is 5.83. The van der Waals surface area contributed by atoms with Gasteiger partial charge in [0.1, 0.15) is 11.4 Å². The monoisotopic (exact) mass is 184 g/mol. The van der Waals surface area contributed by atoms with Gasteiger partial charge in [0.15, 0.2) is 0 Å². The minimum absolute atomic E-state index is 0.141. The van der Waals surface area contributed by atoms with Gasteiger partial charge in [0.05, 0.1) is 12.0 Å². The maximum Gasteiger partial charge on any atom is 0.150 e. The molecule has 0 fully saturated rings. The van der Waals surface area contributed by atoms with Crippen molar-refractivity contribution in [3.8, 4) is 0 Å². The molecule has 1 unspecified atom stereocenters. The third-order valence-electron chi connectivity index (χ3n) is 2.27. The van der Waals surface area contributed by atoms with Gasteiger partial charge in [-0.3, -0.25) is 0 Å². The summed E-state index contributed by atoms with van der Waals surface area (Å²) in [6.07, 6.45) is 4.47. The molecule has 0 N–H and O–H groups in total. The van der Waals surface area contributed by atoms with E-state index in [9.17, 15) is 4.79 Å². The molecule has 1 aromatic heterocycles. The van der Waals surface area contributed by atoms with Crippen molar-refractivity contribution in [3.05, 3.63) is 17.2 Å². The summed E-state index contributed by atoms with van der Waals surface area (Å²) in [5, 5.41) is 0.583. The standard InChI is InChI=1S/C8H9ClN2O/c9-8-7-2-1-6(4-12)3-11(7)5-10-8/h4-6H,1-3H2. The van der Waals surface area contributed by atoms with Gasteiger partial charge in [0.2, 0.25) is 0 Å². The summed E-state index contributed by atoms with van der Waals surface area (Å²) in [6.45, 7) is 0.735. The Kier molecular flexibility index (Phi) is 1.89. The van der Waals surface area contributed by atoms with Crippen LogP contribution in [-0.4, -0.2) is 15.8 Å². The van der Waals surface area contributed by atoms with Gasteiger partial charge < -0.3 is 9.36 Å². The number of carbonyl (C=O) groups excluding carboxylic acids is 1. The normalized spacial score (nSPS) is 21.9. The van der Waals surface area contributed by atoms with Gasteiger partial charge in [0.25, 0.3) is 0 Å². The zero-order valence-corrected chi connectivity index (χ0v) is 7.29. The lowest BCUT2D eigenvalue weighted by molar-refractivity contribution is -0.111. The molecule has 1 aromatic rings. The molecule has 64 valence electrons. The van der Waals surface area contributed by atoms with E-state index in [0.29, 0.717) is 5.15 Å². The topological polar surface area (TPSA) is 34.9 Å². The van der Waals surface area contributed by atoms with Crippen molar-refractivity contribution >= 4 is 17.9 Å². The minimum atomic E-state index is 0.141. The number of nitrogens with zero attached hydrogens (tertiary/aromatic N) is 2. The fourth-order valence-corrected chi connectivity index (χ4v) is 1.81. The fraction of sp³-hybridized carbons (Fsp3) is 0.500. The molecular weight excluding hydrogens is 176 g/mol. The quantitative estimate of drug-likeness (QED) is 0.617. The molecule has 0 saturated heterocycles. The number of imidazole rings is 1. The molecule has 0 amide bonds. The molecule has 1 atom stereocenters. The molecule has 1 aliphatic heterocycles. The van der Waals surface area contributed by atoms with Crippen molar-refractivity contribution in [3.63, 3.8) is 0 Å². The van der Waals surface area contributed by atoms with Crippen LogP contribution in [-0.2, 0) is 17.8 Å². The molecule has 0 saturated carbocycles. The Morgan fingerprint density at radius 2 is 2.58 bits per heavy atom. The highest BCUT2D eigenvalue weighted by atomic mass is 35.5. The maximum absolute atomic E-state index is 10.5. The highest BCUT2D eigenvalue weighted by molar-refractivity contribution is 6.30. The average molecular weight is 185 g/mol. The first-order valence-corrected chi connectivity index (χ1v) is 4.34. The van der Waals surface area contributed by atoms with E-state index < -0.39 is 0 Å². The maximum atomic E-state index is 10.5. The van der Waals surface area contributed by atoms with Gasteiger partial charge in [-0.25, -0.2) is 4.98 Å². The highest BCUT2D eigenvalue weighted by Gasteiger charge is 2.19. The third kappa shape index (κ3) is 1.14. The van der Waals surface area contributed by atoms with E-state index in [-0.39, 0.29) is 5.92 Å². The van der Waals surface area contributed by atoms with Crippen molar-refractivity contribution in [1.82, 2.24) is 9.55 Å². The molecule has 2 rings (SSSR count). The van der Waals surface area contributed by atoms with E-state index in [1.165, 1.54) is 0 Å². The van der Waals surface area contributed by atoms with Crippen LogP contribution in [0.4, 0.5) is 0 Å².